The molecule has 0 atom stereocenters. The molecule has 0 radical (unpaired) electrons. The smallest absolute Gasteiger partial charge is 0.263 e. The summed E-state index contributed by atoms with van der Waals surface area (Å²) in [6.07, 6.45) is 5.04. The van der Waals surface area contributed by atoms with Gasteiger partial charge >= 0.3 is 0 Å². The Bertz CT molecular complexity index is 1030. The van der Waals surface area contributed by atoms with E-state index in [0.29, 0.717) is 23.7 Å². The first-order chi connectivity index (χ1) is 13.0. The fourth-order valence-electron chi connectivity index (χ4n) is 2.72. The summed E-state index contributed by atoms with van der Waals surface area (Å²) >= 11 is 0. The van der Waals surface area contributed by atoms with E-state index in [1.54, 1.807) is 49.8 Å². The second-order valence-corrected chi connectivity index (χ2v) is 6.13. The Morgan fingerprint density at radius 1 is 1.22 bits per heavy atom. The molecule has 138 valence electrons. The summed E-state index contributed by atoms with van der Waals surface area (Å²) in [6, 6.07) is 8.89. The Kier molecular flexibility index (Phi) is 5.30. The zero-order valence-electron chi connectivity index (χ0n) is 15.4. The molecule has 0 saturated carbocycles. The molecule has 3 heterocycles. The first-order valence-corrected chi connectivity index (χ1v) is 8.41. The van der Waals surface area contributed by atoms with Crippen LogP contribution in [0.2, 0.25) is 0 Å². The average molecular weight is 364 g/mol. The number of aryl methyl sites for hydroxylation is 2. The molecule has 3 aromatic heterocycles. The molecule has 0 aliphatic carbocycles. The van der Waals surface area contributed by atoms with Crippen LogP contribution < -0.4 is 15.6 Å². The van der Waals surface area contributed by atoms with Gasteiger partial charge in [-0.05, 0) is 49.2 Å². The Balaban J connectivity index is 1.93. The van der Waals surface area contributed by atoms with E-state index in [4.69, 9.17) is 4.74 Å². The van der Waals surface area contributed by atoms with Crippen LogP contribution in [0.5, 0.6) is 5.88 Å². The quantitative estimate of drug-likeness (QED) is 0.752. The summed E-state index contributed by atoms with van der Waals surface area (Å²) in [6.45, 7) is 3.89. The van der Waals surface area contributed by atoms with Crippen LogP contribution in [0.1, 0.15) is 27.2 Å². The zero-order chi connectivity index (χ0) is 19.4. The molecule has 0 aromatic carbocycles. The van der Waals surface area contributed by atoms with Crippen LogP contribution in [0.3, 0.4) is 0 Å². The van der Waals surface area contributed by atoms with Crippen molar-refractivity contribution in [1.29, 1.82) is 0 Å². The summed E-state index contributed by atoms with van der Waals surface area (Å²) in [5.41, 5.74) is 2.37. The number of methoxy groups -OCH3 is 1. The molecular weight excluding hydrogens is 344 g/mol. The number of nitrogens with zero attached hydrogens (tertiary/aromatic N) is 3. The van der Waals surface area contributed by atoms with Crippen molar-refractivity contribution in [3.8, 4) is 5.88 Å². The lowest BCUT2D eigenvalue weighted by Gasteiger charge is -2.13. The number of pyridine rings is 3. The van der Waals surface area contributed by atoms with Crippen LogP contribution in [0, 0.1) is 13.8 Å². The van der Waals surface area contributed by atoms with Gasteiger partial charge in [0, 0.05) is 24.3 Å². The van der Waals surface area contributed by atoms with E-state index in [-0.39, 0.29) is 11.1 Å². The number of amides is 1. The maximum Gasteiger partial charge on any atom is 0.263 e. The monoisotopic (exact) mass is 364 g/mol. The Morgan fingerprint density at radius 2 is 2.04 bits per heavy atom. The number of carbonyl (C=O) groups excluding carboxylic acids is 1. The third-order valence-electron chi connectivity index (χ3n) is 4.12. The molecule has 1 amide bonds. The molecule has 0 aliphatic rings. The van der Waals surface area contributed by atoms with Crippen molar-refractivity contribution < 1.29 is 9.53 Å². The molecule has 7 heteroatoms. The highest BCUT2D eigenvalue weighted by Crippen LogP contribution is 2.22. The molecule has 27 heavy (non-hydrogen) atoms. The van der Waals surface area contributed by atoms with Gasteiger partial charge in [-0.15, -0.1) is 0 Å². The van der Waals surface area contributed by atoms with E-state index in [2.05, 4.69) is 15.3 Å². The number of ether oxygens (including phenoxy) is 1. The van der Waals surface area contributed by atoms with Crippen LogP contribution in [0.15, 0.2) is 53.7 Å². The Hall–Kier alpha value is -3.48. The molecule has 3 aromatic rings. The van der Waals surface area contributed by atoms with Crippen molar-refractivity contribution >= 4 is 11.6 Å². The molecular formula is C20H20N4O3. The highest BCUT2D eigenvalue weighted by Gasteiger charge is 2.18. The molecule has 0 saturated heterocycles. The lowest BCUT2D eigenvalue weighted by atomic mass is 10.1. The minimum atomic E-state index is -0.498. The van der Waals surface area contributed by atoms with Gasteiger partial charge in [-0.2, -0.15) is 0 Å². The van der Waals surface area contributed by atoms with Crippen LogP contribution in [0.25, 0.3) is 0 Å². The molecule has 7 nitrogen and oxygen atoms in total. The van der Waals surface area contributed by atoms with E-state index in [0.717, 1.165) is 11.3 Å². The largest absolute Gasteiger partial charge is 0.480 e. The van der Waals surface area contributed by atoms with Gasteiger partial charge in [0.1, 0.15) is 11.3 Å². The normalized spacial score (nSPS) is 10.5. The number of carbonyl (C=O) groups is 1. The van der Waals surface area contributed by atoms with Crippen molar-refractivity contribution in [2.24, 2.45) is 0 Å². The van der Waals surface area contributed by atoms with Gasteiger partial charge < -0.3 is 14.6 Å². The molecule has 0 fully saturated rings. The van der Waals surface area contributed by atoms with Crippen molar-refractivity contribution in [2.75, 3.05) is 12.4 Å². The predicted octanol–water partition coefficient (Wildman–Crippen LogP) is 2.56. The van der Waals surface area contributed by atoms with Crippen molar-refractivity contribution in [2.45, 2.75) is 20.4 Å². The van der Waals surface area contributed by atoms with Gasteiger partial charge in [-0.25, -0.2) is 4.98 Å². The first kappa shape index (κ1) is 18.3. The minimum absolute atomic E-state index is 0.0871. The molecule has 0 aliphatic heterocycles. The van der Waals surface area contributed by atoms with Crippen LogP contribution in [-0.2, 0) is 6.54 Å². The van der Waals surface area contributed by atoms with Crippen LogP contribution >= 0.6 is 0 Å². The standard InChI is InChI=1S/C20H20N4O3/c1-13-8-10-24(12-15-5-4-9-21-11-15)20(26)17(13)18(25)23-16-7-6-14(2)22-19(16)27-3/h4-11H,12H2,1-3H3,(H,23,25). The Morgan fingerprint density at radius 3 is 2.74 bits per heavy atom. The highest BCUT2D eigenvalue weighted by molar-refractivity contribution is 6.05. The van der Waals surface area contributed by atoms with E-state index >= 15 is 0 Å². The highest BCUT2D eigenvalue weighted by atomic mass is 16.5. The maximum atomic E-state index is 12.9. The zero-order valence-corrected chi connectivity index (χ0v) is 15.4. The fraction of sp³-hybridized carbons (Fsp3) is 0.200. The van der Waals surface area contributed by atoms with Crippen molar-refractivity contribution in [1.82, 2.24) is 14.5 Å². The van der Waals surface area contributed by atoms with Gasteiger partial charge in [0.15, 0.2) is 0 Å². The van der Waals surface area contributed by atoms with Gasteiger partial charge in [0.25, 0.3) is 11.5 Å². The maximum absolute atomic E-state index is 12.9. The number of hydrogen-bond acceptors (Lipinski definition) is 5. The average Bonchev–Trinajstić information content (AvgIpc) is 2.66. The van der Waals surface area contributed by atoms with E-state index in [1.165, 1.54) is 11.7 Å². The topological polar surface area (TPSA) is 86.1 Å². The number of anilines is 1. The van der Waals surface area contributed by atoms with Gasteiger partial charge in [-0.1, -0.05) is 6.07 Å². The number of hydrogen-bond donors (Lipinski definition) is 1. The van der Waals surface area contributed by atoms with E-state index in [9.17, 15) is 9.59 Å². The summed E-state index contributed by atoms with van der Waals surface area (Å²) in [4.78, 5) is 33.9. The Labute approximate surface area is 156 Å². The molecule has 0 spiro atoms. The molecule has 0 bridgehead atoms. The summed E-state index contributed by atoms with van der Waals surface area (Å²) < 4.78 is 6.70. The lowest BCUT2D eigenvalue weighted by Crippen LogP contribution is -2.30. The molecule has 3 rings (SSSR count). The van der Waals surface area contributed by atoms with Crippen molar-refractivity contribution in [3.63, 3.8) is 0 Å². The third kappa shape index (κ3) is 4.03. The van der Waals surface area contributed by atoms with Gasteiger partial charge in [0.05, 0.1) is 13.7 Å². The second-order valence-electron chi connectivity index (χ2n) is 6.13. The third-order valence-corrected chi connectivity index (χ3v) is 4.12. The molecule has 0 unspecified atom stereocenters. The first-order valence-electron chi connectivity index (χ1n) is 8.41. The summed E-state index contributed by atoms with van der Waals surface area (Å²) in [7, 11) is 1.48. The van der Waals surface area contributed by atoms with Gasteiger partial charge in [0.2, 0.25) is 5.88 Å². The fourth-order valence-corrected chi connectivity index (χ4v) is 2.72. The van der Waals surface area contributed by atoms with Crippen molar-refractivity contribution in [3.05, 3.63) is 81.7 Å². The van der Waals surface area contributed by atoms with Crippen LogP contribution in [-0.4, -0.2) is 27.6 Å². The number of nitrogens with one attached hydrogen (secondary N) is 1. The summed E-state index contributed by atoms with van der Waals surface area (Å²) in [5, 5.41) is 2.73. The number of rotatable bonds is 5. The number of aromatic nitrogens is 3. The summed E-state index contributed by atoms with van der Waals surface area (Å²) in [5.74, 6) is -0.199. The second kappa shape index (κ2) is 7.82. The van der Waals surface area contributed by atoms with E-state index < -0.39 is 5.91 Å². The predicted molar refractivity (Wildman–Crippen MR) is 102 cm³/mol. The van der Waals surface area contributed by atoms with Crippen LogP contribution in [0.4, 0.5) is 5.69 Å². The van der Waals surface area contributed by atoms with Gasteiger partial charge in [-0.3, -0.25) is 14.6 Å². The SMILES string of the molecule is COc1nc(C)ccc1NC(=O)c1c(C)ccn(Cc2cccnc2)c1=O. The minimum Gasteiger partial charge on any atom is -0.480 e. The lowest BCUT2D eigenvalue weighted by molar-refractivity contribution is 0.102. The van der Waals surface area contributed by atoms with E-state index in [1.807, 2.05) is 13.0 Å². The molecule has 1 N–H and O–H groups in total.